The summed E-state index contributed by atoms with van der Waals surface area (Å²) in [7, 11) is 0. The van der Waals surface area contributed by atoms with E-state index < -0.39 is 6.10 Å². The SMILES string of the molecule is CC(O)c1cccc(OCc2cc(-c3ccccc3)on2)c1. The predicted octanol–water partition coefficient (Wildman–Crippen LogP) is 3.97. The van der Waals surface area contributed by atoms with Crippen LogP contribution in [0.5, 0.6) is 5.75 Å². The molecule has 1 atom stereocenters. The first-order valence-electron chi connectivity index (χ1n) is 7.14. The summed E-state index contributed by atoms with van der Waals surface area (Å²) in [6, 6.07) is 19.1. The van der Waals surface area contributed by atoms with E-state index >= 15 is 0 Å². The van der Waals surface area contributed by atoms with E-state index in [2.05, 4.69) is 5.16 Å². The topological polar surface area (TPSA) is 55.5 Å². The minimum atomic E-state index is -0.514. The third-order valence-corrected chi connectivity index (χ3v) is 3.34. The van der Waals surface area contributed by atoms with Crippen molar-refractivity contribution in [2.75, 3.05) is 0 Å². The number of nitrogens with zero attached hydrogens (tertiary/aromatic N) is 1. The van der Waals surface area contributed by atoms with E-state index in [-0.39, 0.29) is 0 Å². The highest BCUT2D eigenvalue weighted by Crippen LogP contribution is 2.22. The van der Waals surface area contributed by atoms with Crippen molar-refractivity contribution in [3.63, 3.8) is 0 Å². The van der Waals surface area contributed by atoms with Gasteiger partial charge in [-0.25, -0.2) is 0 Å². The summed E-state index contributed by atoms with van der Waals surface area (Å²) in [4.78, 5) is 0. The summed E-state index contributed by atoms with van der Waals surface area (Å²) in [5.74, 6) is 1.42. The molecule has 0 aliphatic carbocycles. The first-order valence-corrected chi connectivity index (χ1v) is 7.14. The second kappa shape index (κ2) is 6.45. The molecule has 1 unspecified atom stereocenters. The van der Waals surface area contributed by atoms with Crippen LogP contribution in [0.2, 0.25) is 0 Å². The lowest BCUT2D eigenvalue weighted by molar-refractivity contribution is 0.198. The van der Waals surface area contributed by atoms with Crippen LogP contribution in [0.3, 0.4) is 0 Å². The highest BCUT2D eigenvalue weighted by atomic mass is 16.5. The molecule has 1 heterocycles. The minimum absolute atomic E-state index is 0.319. The molecule has 0 aliphatic rings. The van der Waals surface area contributed by atoms with Gasteiger partial charge in [-0.3, -0.25) is 0 Å². The second-order valence-corrected chi connectivity index (χ2v) is 5.09. The Labute approximate surface area is 129 Å². The summed E-state index contributed by atoms with van der Waals surface area (Å²) in [5, 5.41) is 13.6. The van der Waals surface area contributed by atoms with Crippen LogP contribution in [-0.4, -0.2) is 10.3 Å². The Morgan fingerprint density at radius 3 is 2.68 bits per heavy atom. The van der Waals surface area contributed by atoms with Gasteiger partial charge in [-0.05, 0) is 24.6 Å². The molecule has 112 valence electrons. The van der Waals surface area contributed by atoms with Crippen molar-refractivity contribution >= 4 is 0 Å². The Bertz CT molecular complexity index is 735. The van der Waals surface area contributed by atoms with Gasteiger partial charge in [-0.2, -0.15) is 0 Å². The lowest BCUT2D eigenvalue weighted by Gasteiger charge is -2.08. The first kappa shape index (κ1) is 14.4. The monoisotopic (exact) mass is 295 g/mol. The van der Waals surface area contributed by atoms with Gasteiger partial charge in [0.1, 0.15) is 18.1 Å². The number of ether oxygens (including phenoxy) is 1. The van der Waals surface area contributed by atoms with Crippen LogP contribution < -0.4 is 4.74 Å². The summed E-state index contributed by atoms with van der Waals surface area (Å²) >= 11 is 0. The molecule has 0 aliphatic heterocycles. The van der Waals surface area contributed by atoms with Gasteiger partial charge in [-0.1, -0.05) is 47.6 Å². The van der Waals surface area contributed by atoms with Crippen molar-refractivity contribution < 1.29 is 14.4 Å². The Balaban J connectivity index is 1.67. The van der Waals surface area contributed by atoms with E-state index in [9.17, 15) is 5.11 Å². The molecule has 4 nitrogen and oxygen atoms in total. The third kappa shape index (κ3) is 3.35. The van der Waals surface area contributed by atoms with Crippen molar-refractivity contribution in [3.8, 4) is 17.1 Å². The van der Waals surface area contributed by atoms with Crippen LogP contribution in [0.15, 0.2) is 65.2 Å². The molecule has 1 N–H and O–H groups in total. The molecule has 3 rings (SSSR count). The summed E-state index contributed by atoms with van der Waals surface area (Å²) < 4.78 is 11.0. The van der Waals surface area contributed by atoms with Crippen LogP contribution in [0.1, 0.15) is 24.3 Å². The fourth-order valence-corrected chi connectivity index (χ4v) is 2.14. The fourth-order valence-electron chi connectivity index (χ4n) is 2.14. The van der Waals surface area contributed by atoms with E-state index in [4.69, 9.17) is 9.26 Å². The molecule has 0 amide bonds. The van der Waals surface area contributed by atoms with Gasteiger partial charge in [0.15, 0.2) is 5.76 Å². The predicted molar refractivity (Wildman–Crippen MR) is 83.3 cm³/mol. The van der Waals surface area contributed by atoms with Gasteiger partial charge in [0, 0.05) is 11.6 Å². The number of aliphatic hydroxyl groups excluding tert-OH is 1. The zero-order valence-electron chi connectivity index (χ0n) is 12.3. The number of hydrogen-bond donors (Lipinski definition) is 1. The average Bonchev–Trinajstić information content (AvgIpc) is 3.03. The van der Waals surface area contributed by atoms with E-state index in [0.717, 1.165) is 22.6 Å². The van der Waals surface area contributed by atoms with Crippen LogP contribution in [-0.2, 0) is 6.61 Å². The zero-order chi connectivity index (χ0) is 15.4. The molecule has 3 aromatic rings. The molecule has 0 radical (unpaired) electrons. The number of aromatic nitrogens is 1. The van der Waals surface area contributed by atoms with Crippen molar-refractivity contribution in [1.82, 2.24) is 5.16 Å². The molecular weight excluding hydrogens is 278 g/mol. The Kier molecular flexibility index (Phi) is 4.21. The average molecular weight is 295 g/mol. The molecule has 0 spiro atoms. The number of rotatable bonds is 5. The largest absolute Gasteiger partial charge is 0.487 e. The lowest BCUT2D eigenvalue weighted by atomic mass is 10.1. The number of aliphatic hydroxyl groups is 1. The normalized spacial score (nSPS) is 12.1. The minimum Gasteiger partial charge on any atom is -0.487 e. The molecule has 0 bridgehead atoms. The van der Waals surface area contributed by atoms with Crippen LogP contribution >= 0.6 is 0 Å². The van der Waals surface area contributed by atoms with Gasteiger partial charge in [0.05, 0.1) is 6.10 Å². The summed E-state index contributed by atoms with van der Waals surface area (Å²) in [6.07, 6.45) is -0.514. The Morgan fingerprint density at radius 2 is 1.91 bits per heavy atom. The molecule has 2 aromatic carbocycles. The van der Waals surface area contributed by atoms with Crippen molar-refractivity contribution in [3.05, 3.63) is 71.9 Å². The first-order chi connectivity index (χ1) is 10.7. The van der Waals surface area contributed by atoms with E-state index in [0.29, 0.717) is 12.4 Å². The quantitative estimate of drug-likeness (QED) is 0.773. The van der Waals surface area contributed by atoms with Gasteiger partial charge >= 0.3 is 0 Å². The molecule has 0 saturated heterocycles. The molecule has 0 saturated carbocycles. The van der Waals surface area contributed by atoms with E-state index in [1.807, 2.05) is 60.7 Å². The van der Waals surface area contributed by atoms with Crippen molar-refractivity contribution in [1.29, 1.82) is 0 Å². The molecular formula is C18H17NO3. The maximum absolute atomic E-state index is 9.58. The van der Waals surface area contributed by atoms with Gasteiger partial charge in [-0.15, -0.1) is 0 Å². The lowest BCUT2D eigenvalue weighted by Crippen LogP contribution is -1.97. The maximum Gasteiger partial charge on any atom is 0.167 e. The van der Waals surface area contributed by atoms with Gasteiger partial charge < -0.3 is 14.4 Å². The standard InChI is InChI=1S/C18H17NO3/c1-13(20)15-8-5-9-17(10-15)21-12-16-11-18(22-19-16)14-6-3-2-4-7-14/h2-11,13,20H,12H2,1H3. The summed E-state index contributed by atoms with van der Waals surface area (Å²) in [6.45, 7) is 2.04. The van der Waals surface area contributed by atoms with Gasteiger partial charge in [0.25, 0.3) is 0 Å². The molecule has 1 aromatic heterocycles. The number of hydrogen-bond acceptors (Lipinski definition) is 4. The fraction of sp³-hybridized carbons (Fsp3) is 0.167. The molecule has 0 fully saturated rings. The molecule has 22 heavy (non-hydrogen) atoms. The van der Waals surface area contributed by atoms with E-state index in [1.54, 1.807) is 6.92 Å². The maximum atomic E-state index is 9.58. The highest BCUT2D eigenvalue weighted by Gasteiger charge is 2.08. The zero-order valence-corrected chi connectivity index (χ0v) is 12.3. The highest BCUT2D eigenvalue weighted by molar-refractivity contribution is 5.56. The smallest absolute Gasteiger partial charge is 0.167 e. The Morgan fingerprint density at radius 1 is 1.09 bits per heavy atom. The van der Waals surface area contributed by atoms with E-state index in [1.165, 1.54) is 0 Å². The Hall–Kier alpha value is -2.59. The van der Waals surface area contributed by atoms with Crippen molar-refractivity contribution in [2.24, 2.45) is 0 Å². The second-order valence-electron chi connectivity index (χ2n) is 5.09. The summed E-state index contributed by atoms with van der Waals surface area (Å²) in [5.41, 5.74) is 2.53. The van der Waals surface area contributed by atoms with Crippen LogP contribution in [0.25, 0.3) is 11.3 Å². The molecule has 4 heteroatoms. The van der Waals surface area contributed by atoms with Crippen LogP contribution in [0.4, 0.5) is 0 Å². The third-order valence-electron chi connectivity index (χ3n) is 3.34. The van der Waals surface area contributed by atoms with Crippen molar-refractivity contribution in [2.45, 2.75) is 19.6 Å². The number of benzene rings is 2. The van der Waals surface area contributed by atoms with Crippen LogP contribution in [0, 0.1) is 0 Å². The van der Waals surface area contributed by atoms with Gasteiger partial charge in [0.2, 0.25) is 0 Å².